The molecular weight excluding hydrogens is 300 g/mol. The first-order valence-corrected chi connectivity index (χ1v) is 8.31. The Kier molecular flexibility index (Phi) is 4.90. The molecule has 1 aliphatic rings. The molecule has 20 heavy (non-hydrogen) atoms. The van der Waals surface area contributed by atoms with Crippen LogP contribution in [-0.2, 0) is 14.8 Å². The monoisotopic (exact) mass is 318 g/mol. The summed E-state index contributed by atoms with van der Waals surface area (Å²) in [5.41, 5.74) is 5.97. The predicted molar refractivity (Wildman–Crippen MR) is 79.2 cm³/mol. The zero-order chi connectivity index (χ0) is 14.8. The highest BCUT2D eigenvalue weighted by Gasteiger charge is 2.30. The molecular formula is C13H19ClN2O3S. The maximum atomic E-state index is 12.6. The Hall–Kier alpha value is -0.820. The number of methoxy groups -OCH3 is 1. The first-order chi connectivity index (χ1) is 9.45. The minimum atomic E-state index is -3.54. The normalized spacial score (nSPS) is 18.3. The van der Waals surface area contributed by atoms with Gasteiger partial charge in [-0.2, -0.15) is 4.31 Å². The van der Waals surface area contributed by atoms with E-state index in [4.69, 9.17) is 22.1 Å². The van der Waals surface area contributed by atoms with E-state index in [0.717, 1.165) is 12.8 Å². The lowest BCUT2D eigenvalue weighted by atomic mass is 9.99. The number of halogens is 1. The lowest BCUT2D eigenvalue weighted by molar-refractivity contribution is 0.121. The number of nitrogens with zero attached hydrogens (tertiary/aromatic N) is 1. The third kappa shape index (κ3) is 3.25. The molecule has 0 saturated carbocycles. The van der Waals surface area contributed by atoms with Crippen LogP contribution in [-0.4, -0.2) is 39.5 Å². The number of hydrogen-bond donors (Lipinski definition) is 1. The van der Waals surface area contributed by atoms with Gasteiger partial charge in [-0.1, -0.05) is 11.6 Å². The summed E-state index contributed by atoms with van der Waals surface area (Å²) in [4.78, 5) is 0.132. The van der Waals surface area contributed by atoms with Crippen LogP contribution in [0.15, 0.2) is 23.1 Å². The van der Waals surface area contributed by atoms with Gasteiger partial charge in [0, 0.05) is 31.8 Å². The second kappa shape index (κ2) is 6.30. The summed E-state index contributed by atoms with van der Waals surface area (Å²) in [5.74, 6) is 0.425. The van der Waals surface area contributed by atoms with Gasteiger partial charge in [0.2, 0.25) is 10.0 Å². The van der Waals surface area contributed by atoms with Gasteiger partial charge in [0.05, 0.1) is 5.69 Å². The van der Waals surface area contributed by atoms with E-state index in [9.17, 15) is 8.42 Å². The Labute approximate surface area is 124 Å². The van der Waals surface area contributed by atoms with E-state index in [1.54, 1.807) is 13.2 Å². The first kappa shape index (κ1) is 15.6. The van der Waals surface area contributed by atoms with Gasteiger partial charge in [0.1, 0.15) is 4.90 Å². The standard InChI is InChI=1S/C13H19ClN2O3S/c1-19-9-10-4-6-16(7-5-10)20(17,18)13-3-2-11(14)8-12(13)15/h2-3,8,10H,4-7,9,15H2,1H3. The maximum Gasteiger partial charge on any atom is 0.245 e. The zero-order valence-electron chi connectivity index (χ0n) is 11.4. The van der Waals surface area contributed by atoms with Crippen LogP contribution in [0.2, 0.25) is 5.02 Å². The Morgan fingerprint density at radius 3 is 2.60 bits per heavy atom. The number of ether oxygens (including phenoxy) is 1. The summed E-state index contributed by atoms with van der Waals surface area (Å²) in [6, 6.07) is 4.48. The van der Waals surface area contributed by atoms with Gasteiger partial charge >= 0.3 is 0 Å². The summed E-state index contributed by atoms with van der Waals surface area (Å²) < 4.78 is 31.7. The number of nitrogen functional groups attached to an aromatic ring is 1. The number of rotatable bonds is 4. The summed E-state index contributed by atoms with van der Waals surface area (Å²) >= 11 is 5.80. The minimum absolute atomic E-state index is 0.132. The van der Waals surface area contributed by atoms with Gasteiger partial charge in [-0.15, -0.1) is 0 Å². The molecule has 0 spiro atoms. The molecule has 7 heteroatoms. The fraction of sp³-hybridized carbons (Fsp3) is 0.538. The van der Waals surface area contributed by atoms with E-state index in [2.05, 4.69) is 0 Å². The average molecular weight is 319 g/mol. The van der Waals surface area contributed by atoms with Crippen molar-refractivity contribution in [1.29, 1.82) is 0 Å². The molecule has 0 radical (unpaired) electrons. The molecule has 0 unspecified atom stereocenters. The molecule has 0 amide bonds. The quantitative estimate of drug-likeness (QED) is 0.861. The van der Waals surface area contributed by atoms with E-state index in [-0.39, 0.29) is 10.6 Å². The second-order valence-electron chi connectivity index (χ2n) is 4.98. The third-order valence-electron chi connectivity index (χ3n) is 3.57. The largest absolute Gasteiger partial charge is 0.398 e. The van der Waals surface area contributed by atoms with E-state index < -0.39 is 10.0 Å². The van der Waals surface area contributed by atoms with E-state index in [1.165, 1.54) is 16.4 Å². The van der Waals surface area contributed by atoms with Crippen molar-refractivity contribution >= 4 is 27.3 Å². The number of hydrogen-bond acceptors (Lipinski definition) is 4. The zero-order valence-corrected chi connectivity index (χ0v) is 13.0. The Morgan fingerprint density at radius 2 is 2.05 bits per heavy atom. The molecule has 1 aromatic carbocycles. The Morgan fingerprint density at radius 1 is 1.40 bits per heavy atom. The smallest absolute Gasteiger partial charge is 0.245 e. The minimum Gasteiger partial charge on any atom is -0.398 e. The van der Waals surface area contributed by atoms with Gasteiger partial charge in [-0.3, -0.25) is 0 Å². The first-order valence-electron chi connectivity index (χ1n) is 6.49. The molecule has 0 bridgehead atoms. The third-order valence-corrected chi connectivity index (χ3v) is 5.77. The molecule has 0 aromatic heterocycles. The maximum absolute atomic E-state index is 12.6. The van der Waals surface area contributed by atoms with Crippen LogP contribution in [0.1, 0.15) is 12.8 Å². The number of anilines is 1. The molecule has 1 saturated heterocycles. The van der Waals surface area contributed by atoms with Crippen molar-refractivity contribution in [3.05, 3.63) is 23.2 Å². The predicted octanol–water partition coefficient (Wildman–Crippen LogP) is 1.97. The molecule has 2 N–H and O–H groups in total. The van der Waals surface area contributed by atoms with Crippen LogP contribution in [0, 0.1) is 5.92 Å². The molecule has 0 aliphatic carbocycles. The Balaban J connectivity index is 2.15. The van der Waals surface area contributed by atoms with Crippen molar-refractivity contribution in [1.82, 2.24) is 4.31 Å². The van der Waals surface area contributed by atoms with Crippen LogP contribution < -0.4 is 5.73 Å². The number of sulfonamides is 1. The summed E-state index contributed by atoms with van der Waals surface area (Å²) in [6.45, 7) is 1.67. The fourth-order valence-electron chi connectivity index (χ4n) is 2.45. The molecule has 1 aliphatic heterocycles. The van der Waals surface area contributed by atoms with Gasteiger partial charge in [0.25, 0.3) is 0 Å². The molecule has 2 rings (SSSR count). The number of piperidine rings is 1. The summed E-state index contributed by atoms with van der Waals surface area (Å²) in [5, 5.41) is 0.431. The molecule has 112 valence electrons. The van der Waals surface area contributed by atoms with Gasteiger partial charge < -0.3 is 10.5 Å². The SMILES string of the molecule is COCC1CCN(S(=O)(=O)c2ccc(Cl)cc2N)CC1. The van der Waals surface area contributed by atoms with Gasteiger partial charge in [-0.25, -0.2) is 8.42 Å². The number of benzene rings is 1. The van der Waals surface area contributed by atoms with Crippen molar-refractivity contribution in [3.63, 3.8) is 0 Å². The van der Waals surface area contributed by atoms with Crippen LogP contribution in [0.5, 0.6) is 0 Å². The average Bonchev–Trinajstić information content (AvgIpc) is 2.39. The molecule has 1 aromatic rings. The lowest BCUT2D eigenvalue weighted by Crippen LogP contribution is -2.39. The van der Waals surface area contributed by atoms with Crippen LogP contribution in [0.4, 0.5) is 5.69 Å². The summed E-state index contributed by atoms with van der Waals surface area (Å²) in [7, 11) is -1.87. The van der Waals surface area contributed by atoms with Crippen LogP contribution in [0.3, 0.4) is 0 Å². The van der Waals surface area contributed by atoms with E-state index in [1.807, 2.05) is 0 Å². The van der Waals surface area contributed by atoms with Crippen molar-refractivity contribution in [3.8, 4) is 0 Å². The molecule has 1 heterocycles. The second-order valence-corrected chi connectivity index (χ2v) is 7.33. The van der Waals surface area contributed by atoms with Crippen molar-refractivity contribution < 1.29 is 13.2 Å². The summed E-state index contributed by atoms with van der Waals surface area (Å²) in [6.07, 6.45) is 1.61. The highest BCUT2D eigenvalue weighted by atomic mass is 35.5. The van der Waals surface area contributed by atoms with E-state index >= 15 is 0 Å². The highest BCUT2D eigenvalue weighted by Crippen LogP contribution is 2.28. The Bertz CT molecular complexity index is 569. The number of nitrogens with two attached hydrogens (primary N) is 1. The van der Waals surface area contributed by atoms with Crippen molar-refractivity contribution in [2.24, 2.45) is 5.92 Å². The lowest BCUT2D eigenvalue weighted by Gasteiger charge is -2.31. The van der Waals surface area contributed by atoms with Crippen LogP contribution in [0.25, 0.3) is 0 Å². The van der Waals surface area contributed by atoms with Crippen molar-refractivity contribution in [2.75, 3.05) is 32.5 Å². The van der Waals surface area contributed by atoms with E-state index in [0.29, 0.717) is 30.6 Å². The highest BCUT2D eigenvalue weighted by molar-refractivity contribution is 7.89. The van der Waals surface area contributed by atoms with Gasteiger partial charge in [-0.05, 0) is 37.0 Å². The topological polar surface area (TPSA) is 72.6 Å². The van der Waals surface area contributed by atoms with Crippen molar-refractivity contribution in [2.45, 2.75) is 17.7 Å². The van der Waals surface area contributed by atoms with Crippen LogP contribution >= 0.6 is 11.6 Å². The molecule has 5 nitrogen and oxygen atoms in total. The van der Waals surface area contributed by atoms with Gasteiger partial charge in [0.15, 0.2) is 0 Å². The fourth-order valence-corrected chi connectivity index (χ4v) is 4.19. The molecule has 1 fully saturated rings. The molecule has 0 atom stereocenters.